The van der Waals surface area contributed by atoms with Crippen LogP contribution in [-0.4, -0.2) is 18.4 Å². The van der Waals surface area contributed by atoms with Gasteiger partial charge >= 0.3 is 0 Å². The fraction of sp³-hybridized carbons (Fsp3) is 0.857. The van der Waals surface area contributed by atoms with Crippen LogP contribution in [-0.2, 0) is 4.79 Å². The van der Waals surface area contributed by atoms with E-state index in [1.165, 1.54) is 6.92 Å². The zero-order valence-corrected chi connectivity index (χ0v) is 6.39. The second-order valence-electron chi connectivity index (χ2n) is 2.45. The van der Waals surface area contributed by atoms with Gasteiger partial charge < -0.3 is 5.73 Å². The van der Waals surface area contributed by atoms with Crippen molar-refractivity contribution in [3.8, 4) is 0 Å². The highest BCUT2D eigenvalue weighted by atomic mass is 16.1. The Morgan fingerprint density at radius 3 is 2.60 bits per heavy atom. The minimum absolute atomic E-state index is 0.0444. The van der Waals surface area contributed by atoms with Crippen LogP contribution < -0.4 is 11.5 Å². The van der Waals surface area contributed by atoms with E-state index in [0.29, 0.717) is 13.0 Å². The summed E-state index contributed by atoms with van der Waals surface area (Å²) in [6.45, 7) is 2.12. The van der Waals surface area contributed by atoms with Gasteiger partial charge in [-0.1, -0.05) is 6.42 Å². The molecule has 0 aliphatic carbocycles. The molecule has 0 amide bonds. The zero-order valence-electron chi connectivity index (χ0n) is 6.39. The fourth-order valence-electron chi connectivity index (χ4n) is 0.696. The molecule has 0 unspecified atom stereocenters. The summed E-state index contributed by atoms with van der Waals surface area (Å²) in [5.74, 6) is -0.0444. The Morgan fingerprint density at radius 1 is 1.60 bits per heavy atom. The average molecular weight is 143 g/mol. The lowest BCUT2D eigenvalue weighted by molar-refractivity contribution is -0.118. The van der Waals surface area contributed by atoms with Gasteiger partial charge in [-0.15, -0.1) is 0 Å². The van der Waals surface area contributed by atoms with Crippen molar-refractivity contribution < 1.29 is 4.79 Å². The molecule has 0 saturated heterocycles. The standard InChI is InChI=1S/C7H15N2O/c1-6(10)7(9)4-2-3-5-8/h7,9H,2-5,8H2,1H3/t7-/m0/s1. The lowest BCUT2D eigenvalue weighted by atomic mass is 10.1. The Bertz CT molecular complexity index is 104. The minimum Gasteiger partial charge on any atom is -0.330 e. The Hall–Kier alpha value is -0.410. The monoisotopic (exact) mass is 143 g/mol. The minimum atomic E-state index is -0.522. The van der Waals surface area contributed by atoms with E-state index in [-0.39, 0.29) is 5.78 Å². The highest BCUT2D eigenvalue weighted by Gasteiger charge is 2.06. The SMILES string of the molecule is CC(=O)[C@@H]([NH])CCCCN. The Labute approximate surface area is 61.8 Å². The van der Waals surface area contributed by atoms with E-state index in [1.54, 1.807) is 0 Å². The number of rotatable bonds is 5. The molecule has 59 valence electrons. The first-order valence-corrected chi connectivity index (χ1v) is 3.60. The smallest absolute Gasteiger partial charge is 0.148 e. The molecular formula is C7H15N2O. The number of nitrogens with one attached hydrogen (secondary N) is 1. The Kier molecular flexibility index (Phi) is 5.16. The summed E-state index contributed by atoms with van der Waals surface area (Å²) in [6.07, 6.45) is 2.47. The molecule has 0 heterocycles. The summed E-state index contributed by atoms with van der Waals surface area (Å²) >= 11 is 0. The third kappa shape index (κ3) is 4.47. The van der Waals surface area contributed by atoms with Crippen LogP contribution in [0.25, 0.3) is 0 Å². The quantitative estimate of drug-likeness (QED) is 0.564. The zero-order chi connectivity index (χ0) is 7.98. The molecule has 10 heavy (non-hydrogen) atoms. The van der Waals surface area contributed by atoms with E-state index >= 15 is 0 Å². The van der Waals surface area contributed by atoms with Gasteiger partial charge in [0.15, 0.2) is 0 Å². The first kappa shape index (κ1) is 9.59. The van der Waals surface area contributed by atoms with Crippen LogP contribution in [0.5, 0.6) is 0 Å². The fourth-order valence-corrected chi connectivity index (χ4v) is 0.696. The van der Waals surface area contributed by atoms with Gasteiger partial charge in [0.05, 0.1) is 6.04 Å². The summed E-state index contributed by atoms with van der Waals surface area (Å²) in [6, 6.07) is -0.522. The van der Waals surface area contributed by atoms with Crippen LogP contribution in [0.3, 0.4) is 0 Å². The number of Topliss-reactive ketones (excluding diaryl/α,β-unsaturated/α-hetero) is 1. The summed E-state index contributed by atoms with van der Waals surface area (Å²) in [5, 5.41) is 0. The van der Waals surface area contributed by atoms with Crippen LogP contribution in [0, 0.1) is 0 Å². The van der Waals surface area contributed by atoms with Gasteiger partial charge in [0, 0.05) is 0 Å². The molecule has 0 aromatic heterocycles. The van der Waals surface area contributed by atoms with Gasteiger partial charge in [-0.2, -0.15) is 0 Å². The number of hydrogen-bond acceptors (Lipinski definition) is 2. The molecule has 0 aliphatic heterocycles. The van der Waals surface area contributed by atoms with Gasteiger partial charge in [0.2, 0.25) is 0 Å². The van der Waals surface area contributed by atoms with Crippen LogP contribution in [0.15, 0.2) is 0 Å². The Morgan fingerprint density at radius 2 is 2.20 bits per heavy atom. The van der Waals surface area contributed by atoms with Gasteiger partial charge in [0.25, 0.3) is 0 Å². The number of carbonyl (C=O) groups excluding carboxylic acids is 1. The largest absolute Gasteiger partial charge is 0.330 e. The van der Waals surface area contributed by atoms with Gasteiger partial charge in [0.1, 0.15) is 5.78 Å². The average Bonchev–Trinajstić information content (AvgIpc) is 1.88. The summed E-state index contributed by atoms with van der Waals surface area (Å²) in [7, 11) is 0. The third-order valence-corrected chi connectivity index (χ3v) is 1.44. The number of ketones is 1. The molecule has 1 atom stereocenters. The lowest BCUT2D eigenvalue weighted by Gasteiger charge is -2.03. The maximum atomic E-state index is 10.5. The molecule has 3 N–H and O–H groups in total. The molecule has 3 nitrogen and oxygen atoms in total. The molecule has 0 aliphatic rings. The summed E-state index contributed by atoms with van der Waals surface area (Å²) in [4.78, 5) is 10.5. The van der Waals surface area contributed by atoms with Crippen molar-refractivity contribution in [2.75, 3.05) is 6.54 Å². The van der Waals surface area contributed by atoms with Crippen molar-refractivity contribution in [3.05, 3.63) is 0 Å². The normalized spacial score (nSPS) is 13.1. The number of unbranched alkanes of at least 4 members (excludes halogenated alkanes) is 1. The molecule has 0 rings (SSSR count). The van der Waals surface area contributed by atoms with Crippen molar-refractivity contribution in [1.82, 2.24) is 5.73 Å². The van der Waals surface area contributed by atoms with Crippen molar-refractivity contribution in [2.24, 2.45) is 5.73 Å². The van der Waals surface area contributed by atoms with Crippen LogP contribution in [0.1, 0.15) is 26.2 Å². The van der Waals surface area contributed by atoms with E-state index in [0.717, 1.165) is 12.8 Å². The highest BCUT2D eigenvalue weighted by molar-refractivity contribution is 5.80. The van der Waals surface area contributed by atoms with Crippen LogP contribution in [0.4, 0.5) is 0 Å². The predicted molar refractivity (Wildman–Crippen MR) is 40.5 cm³/mol. The molecule has 1 radical (unpaired) electrons. The van der Waals surface area contributed by atoms with Gasteiger partial charge in [-0.25, -0.2) is 5.73 Å². The van der Waals surface area contributed by atoms with E-state index < -0.39 is 6.04 Å². The van der Waals surface area contributed by atoms with Gasteiger partial charge in [-0.3, -0.25) is 4.79 Å². The highest BCUT2D eigenvalue weighted by Crippen LogP contribution is 1.99. The summed E-state index contributed by atoms with van der Waals surface area (Å²) in [5.41, 5.74) is 12.5. The predicted octanol–water partition coefficient (Wildman–Crippen LogP) is 0.356. The second-order valence-corrected chi connectivity index (χ2v) is 2.45. The molecule has 0 aromatic rings. The van der Waals surface area contributed by atoms with E-state index in [9.17, 15) is 4.79 Å². The molecular weight excluding hydrogens is 128 g/mol. The molecule has 0 fully saturated rings. The first-order valence-electron chi connectivity index (χ1n) is 3.60. The molecule has 0 saturated carbocycles. The molecule has 3 heteroatoms. The van der Waals surface area contributed by atoms with E-state index in [2.05, 4.69) is 0 Å². The third-order valence-electron chi connectivity index (χ3n) is 1.44. The van der Waals surface area contributed by atoms with Crippen molar-refractivity contribution in [1.29, 1.82) is 0 Å². The number of nitrogens with two attached hydrogens (primary N) is 1. The lowest BCUT2D eigenvalue weighted by Crippen LogP contribution is -2.18. The van der Waals surface area contributed by atoms with Crippen LogP contribution in [0.2, 0.25) is 0 Å². The molecule has 0 spiro atoms. The van der Waals surface area contributed by atoms with Crippen LogP contribution >= 0.6 is 0 Å². The molecule has 0 aromatic carbocycles. The number of carbonyl (C=O) groups is 1. The van der Waals surface area contributed by atoms with Crippen molar-refractivity contribution >= 4 is 5.78 Å². The summed E-state index contributed by atoms with van der Waals surface area (Å²) < 4.78 is 0. The second kappa shape index (κ2) is 5.38. The first-order chi connectivity index (χ1) is 4.68. The van der Waals surface area contributed by atoms with Gasteiger partial charge in [-0.05, 0) is 26.3 Å². The maximum Gasteiger partial charge on any atom is 0.148 e. The van der Waals surface area contributed by atoms with E-state index in [4.69, 9.17) is 11.5 Å². The maximum absolute atomic E-state index is 10.5. The number of hydrogen-bond donors (Lipinski definition) is 1. The topological polar surface area (TPSA) is 66.9 Å². The van der Waals surface area contributed by atoms with Crippen molar-refractivity contribution in [3.63, 3.8) is 0 Å². The van der Waals surface area contributed by atoms with Crippen molar-refractivity contribution in [2.45, 2.75) is 32.2 Å². The Balaban J connectivity index is 3.21. The molecule has 0 bridgehead atoms. The van der Waals surface area contributed by atoms with E-state index in [1.807, 2.05) is 0 Å².